The highest BCUT2D eigenvalue weighted by atomic mass is 35.5. The number of nitro benzene ring substituents is 1. The summed E-state index contributed by atoms with van der Waals surface area (Å²) in [6.45, 7) is 10.7. The quantitative estimate of drug-likeness (QED) is 0.670. The van der Waals surface area contributed by atoms with E-state index in [4.69, 9.17) is 0 Å². The number of hydrogen-bond donors (Lipinski definition) is 1. The van der Waals surface area contributed by atoms with Crippen molar-refractivity contribution in [3.63, 3.8) is 0 Å². The van der Waals surface area contributed by atoms with Crippen molar-refractivity contribution in [1.82, 2.24) is 10.2 Å². The van der Waals surface area contributed by atoms with Gasteiger partial charge in [0.15, 0.2) is 0 Å². The van der Waals surface area contributed by atoms with E-state index in [0.29, 0.717) is 0 Å². The van der Waals surface area contributed by atoms with Crippen molar-refractivity contribution in [1.29, 1.82) is 0 Å². The number of rotatable bonds is 3. The average molecular weight is 350 g/mol. The monoisotopic (exact) mass is 349 g/mol. The van der Waals surface area contributed by atoms with Crippen molar-refractivity contribution in [2.24, 2.45) is 5.41 Å². The van der Waals surface area contributed by atoms with Crippen LogP contribution in [0.3, 0.4) is 0 Å². The first-order valence-electron chi connectivity index (χ1n) is 7.09. The van der Waals surface area contributed by atoms with Gasteiger partial charge in [0.05, 0.1) is 4.92 Å². The maximum atomic E-state index is 10.8. The van der Waals surface area contributed by atoms with Gasteiger partial charge in [-0.3, -0.25) is 15.0 Å². The zero-order valence-corrected chi connectivity index (χ0v) is 14.9. The molecule has 1 aromatic rings. The Morgan fingerprint density at radius 1 is 1.14 bits per heavy atom. The molecule has 2 rings (SSSR count). The lowest BCUT2D eigenvalue weighted by atomic mass is 9.81. The number of nitrogens with zero attached hydrogens (tertiary/aromatic N) is 2. The molecular weight excluding hydrogens is 325 g/mol. The Balaban J connectivity index is 0.00000220. The van der Waals surface area contributed by atoms with Gasteiger partial charge in [0.1, 0.15) is 0 Å². The number of hydrogen-bond acceptors (Lipinski definition) is 4. The molecule has 0 aromatic heterocycles. The normalized spacial score (nSPS) is 17.0. The predicted octanol–water partition coefficient (Wildman–Crippen LogP) is 3.43. The molecule has 1 atom stereocenters. The summed E-state index contributed by atoms with van der Waals surface area (Å²) in [4.78, 5) is 12.9. The van der Waals surface area contributed by atoms with Gasteiger partial charge in [-0.1, -0.05) is 32.9 Å². The number of nitrogens with one attached hydrogen (secondary N) is 1. The molecule has 0 bridgehead atoms. The Bertz CT molecular complexity index is 469. The highest BCUT2D eigenvalue weighted by molar-refractivity contribution is 5.85. The standard InChI is InChI=1S/C15H23N3O2.2ClH/c1-15(2,3)14(17-10-8-16-9-11-17)12-4-6-13(7-5-12)18(19)20;;/h4-7,14,16H,8-11H2,1-3H3;2*1H/t14-;;/m1../s1. The second kappa shape index (κ2) is 8.67. The molecule has 0 spiro atoms. The second-order valence-corrected chi connectivity index (χ2v) is 6.40. The Kier molecular flexibility index (Phi) is 8.33. The summed E-state index contributed by atoms with van der Waals surface area (Å²) in [5.41, 5.74) is 1.40. The molecule has 0 aliphatic carbocycles. The first-order valence-corrected chi connectivity index (χ1v) is 7.09. The van der Waals surface area contributed by atoms with E-state index < -0.39 is 0 Å². The van der Waals surface area contributed by atoms with Gasteiger partial charge in [-0.15, -0.1) is 24.8 Å². The van der Waals surface area contributed by atoms with E-state index in [0.717, 1.165) is 31.7 Å². The second-order valence-electron chi connectivity index (χ2n) is 6.40. The molecule has 1 aliphatic heterocycles. The van der Waals surface area contributed by atoms with Gasteiger partial charge in [0.2, 0.25) is 0 Å². The maximum Gasteiger partial charge on any atom is 0.269 e. The topological polar surface area (TPSA) is 58.4 Å². The van der Waals surface area contributed by atoms with Crippen LogP contribution in [-0.4, -0.2) is 36.0 Å². The van der Waals surface area contributed by atoms with Crippen LogP contribution in [0.25, 0.3) is 0 Å². The Morgan fingerprint density at radius 2 is 1.64 bits per heavy atom. The Morgan fingerprint density at radius 3 is 2.05 bits per heavy atom. The minimum absolute atomic E-state index is 0. The third-order valence-electron chi connectivity index (χ3n) is 3.76. The number of nitro groups is 1. The van der Waals surface area contributed by atoms with Gasteiger partial charge in [-0.2, -0.15) is 0 Å². The van der Waals surface area contributed by atoms with Gasteiger partial charge in [0.25, 0.3) is 5.69 Å². The van der Waals surface area contributed by atoms with E-state index in [1.54, 1.807) is 12.1 Å². The highest BCUT2D eigenvalue weighted by Gasteiger charge is 2.32. The van der Waals surface area contributed by atoms with Gasteiger partial charge in [-0.25, -0.2) is 0 Å². The molecule has 0 radical (unpaired) electrons. The molecule has 1 N–H and O–H groups in total. The van der Waals surface area contributed by atoms with Crippen LogP contribution in [0.2, 0.25) is 0 Å². The smallest absolute Gasteiger partial charge is 0.269 e. The van der Waals surface area contributed by atoms with Crippen LogP contribution in [0.15, 0.2) is 24.3 Å². The van der Waals surface area contributed by atoms with E-state index in [1.165, 1.54) is 0 Å². The third kappa shape index (κ3) is 5.09. The lowest BCUT2D eigenvalue weighted by Crippen LogP contribution is -2.48. The van der Waals surface area contributed by atoms with E-state index in [-0.39, 0.29) is 46.9 Å². The van der Waals surface area contributed by atoms with Crippen LogP contribution in [-0.2, 0) is 0 Å². The summed E-state index contributed by atoms with van der Waals surface area (Å²) in [6.07, 6.45) is 0. The van der Waals surface area contributed by atoms with Crippen LogP contribution in [0.5, 0.6) is 0 Å². The molecular formula is C15H25Cl2N3O2. The van der Waals surface area contributed by atoms with Crippen molar-refractivity contribution in [3.05, 3.63) is 39.9 Å². The minimum Gasteiger partial charge on any atom is -0.314 e. The highest BCUT2D eigenvalue weighted by Crippen LogP contribution is 2.38. The number of piperazine rings is 1. The molecule has 0 amide bonds. The molecule has 1 aromatic carbocycles. The zero-order chi connectivity index (χ0) is 14.8. The van der Waals surface area contributed by atoms with Crippen molar-refractivity contribution in [2.45, 2.75) is 26.8 Å². The zero-order valence-electron chi connectivity index (χ0n) is 13.2. The van der Waals surface area contributed by atoms with E-state index in [2.05, 4.69) is 31.0 Å². The predicted molar refractivity (Wildman–Crippen MR) is 94.2 cm³/mol. The van der Waals surface area contributed by atoms with E-state index in [9.17, 15) is 10.1 Å². The molecule has 0 unspecified atom stereocenters. The lowest BCUT2D eigenvalue weighted by Gasteiger charge is -2.42. The molecule has 1 fully saturated rings. The van der Waals surface area contributed by atoms with Gasteiger partial charge >= 0.3 is 0 Å². The summed E-state index contributed by atoms with van der Waals surface area (Å²) in [5.74, 6) is 0. The SMILES string of the molecule is CC(C)(C)[C@@H](c1ccc([N+](=O)[O-])cc1)N1CCNCC1.Cl.Cl. The molecule has 22 heavy (non-hydrogen) atoms. The molecule has 1 saturated heterocycles. The fourth-order valence-corrected chi connectivity index (χ4v) is 2.98. The summed E-state index contributed by atoms with van der Waals surface area (Å²) in [5, 5.41) is 14.1. The maximum absolute atomic E-state index is 10.8. The summed E-state index contributed by atoms with van der Waals surface area (Å²) in [6, 6.07) is 7.30. The van der Waals surface area contributed by atoms with Crippen molar-refractivity contribution >= 4 is 30.5 Å². The fraction of sp³-hybridized carbons (Fsp3) is 0.600. The number of benzene rings is 1. The summed E-state index contributed by atoms with van der Waals surface area (Å²) < 4.78 is 0. The van der Waals surface area contributed by atoms with Gasteiger partial charge < -0.3 is 5.32 Å². The average Bonchev–Trinajstić information content (AvgIpc) is 2.39. The molecule has 1 aliphatic rings. The van der Waals surface area contributed by atoms with Gasteiger partial charge in [-0.05, 0) is 11.0 Å². The summed E-state index contributed by atoms with van der Waals surface area (Å²) in [7, 11) is 0. The molecule has 0 saturated carbocycles. The Hall–Kier alpha value is -0.880. The molecule has 126 valence electrons. The first kappa shape index (κ1) is 21.1. The van der Waals surface area contributed by atoms with Crippen molar-refractivity contribution in [2.75, 3.05) is 26.2 Å². The Labute approximate surface area is 144 Å². The third-order valence-corrected chi connectivity index (χ3v) is 3.76. The first-order chi connectivity index (χ1) is 9.39. The van der Waals surface area contributed by atoms with Crippen molar-refractivity contribution < 1.29 is 4.92 Å². The van der Waals surface area contributed by atoms with Crippen LogP contribution in [0, 0.1) is 15.5 Å². The van der Waals surface area contributed by atoms with Crippen LogP contribution in [0.4, 0.5) is 5.69 Å². The number of halogens is 2. The molecule has 1 heterocycles. The molecule has 5 nitrogen and oxygen atoms in total. The van der Waals surface area contributed by atoms with E-state index >= 15 is 0 Å². The van der Waals surface area contributed by atoms with Crippen LogP contribution in [0.1, 0.15) is 32.4 Å². The lowest BCUT2D eigenvalue weighted by molar-refractivity contribution is -0.384. The van der Waals surface area contributed by atoms with Gasteiger partial charge in [0, 0.05) is 44.4 Å². The number of non-ortho nitro benzene ring substituents is 1. The van der Waals surface area contributed by atoms with Crippen molar-refractivity contribution in [3.8, 4) is 0 Å². The summed E-state index contributed by atoms with van der Waals surface area (Å²) >= 11 is 0. The fourth-order valence-electron chi connectivity index (χ4n) is 2.98. The molecule has 7 heteroatoms. The largest absolute Gasteiger partial charge is 0.314 e. The van der Waals surface area contributed by atoms with E-state index in [1.807, 2.05) is 12.1 Å². The van der Waals surface area contributed by atoms with Crippen LogP contribution >= 0.6 is 24.8 Å². The minimum atomic E-state index is -0.347. The van der Waals surface area contributed by atoms with Crippen LogP contribution < -0.4 is 5.32 Å².